The molecule has 0 fully saturated rings. The van der Waals surface area contributed by atoms with Crippen LogP contribution in [0, 0.1) is 0 Å². The quantitative estimate of drug-likeness (QED) is 0.699. The van der Waals surface area contributed by atoms with E-state index in [-0.39, 0.29) is 11.4 Å². The van der Waals surface area contributed by atoms with Crippen LogP contribution in [0.4, 0.5) is 0 Å². The van der Waals surface area contributed by atoms with Crippen LogP contribution >= 0.6 is 0 Å². The summed E-state index contributed by atoms with van der Waals surface area (Å²) in [6.07, 6.45) is 1.75. The summed E-state index contributed by atoms with van der Waals surface area (Å²) < 4.78 is 4.87. The molecule has 3 nitrogen and oxygen atoms in total. The summed E-state index contributed by atoms with van der Waals surface area (Å²) in [4.78, 5) is 14.9. The van der Waals surface area contributed by atoms with Gasteiger partial charge in [-0.25, -0.2) is 0 Å². The summed E-state index contributed by atoms with van der Waals surface area (Å²) in [5, 5.41) is 0. The fourth-order valence-corrected chi connectivity index (χ4v) is 1.14. The van der Waals surface area contributed by atoms with Gasteiger partial charge < -0.3 is 4.74 Å². The SMILES string of the molecule is CC(=O)OCc1ccc(C(C)(C)C)nc1. The molecule has 1 rings (SSSR count). The number of carbonyl (C=O) groups excluding carboxylic acids is 1. The van der Waals surface area contributed by atoms with E-state index in [9.17, 15) is 4.79 Å². The summed E-state index contributed by atoms with van der Waals surface area (Å²) >= 11 is 0. The zero-order valence-corrected chi connectivity index (χ0v) is 9.70. The number of carbonyl (C=O) groups is 1. The van der Waals surface area contributed by atoms with Gasteiger partial charge in [-0.3, -0.25) is 9.78 Å². The maximum atomic E-state index is 10.6. The van der Waals surface area contributed by atoms with E-state index in [0.29, 0.717) is 6.61 Å². The van der Waals surface area contributed by atoms with Crippen LogP contribution in [0.3, 0.4) is 0 Å². The number of nitrogens with zero attached hydrogens (tertiary/aromatic N) is 1. The second-order valence-corrected chi connectivity index (χ2v) is 4.58. The molecule has 0 atom stereocenters. The van der Waals surface area contributed by atoms with Crippen molar-refractivity contribution in [2.45, 2.75) is 39.7 Å². The van der Waals surface area contributed by atoms with Crippen molar-refractivity contribution >= 4 is 5.97 Å². The van der Waals surface area contributed by atoms with Crippen molar-refractivity contribution in [3.63, 3.8) is 0 Å². The van der Waals surface area contributed by atoms with E-state index in [1.807, 2.05) is 12.1 Å². The summed E-state index contributed by atoms with van der Waals surface area (Å²) in [6.45, 7) is 8.03. The van der Waals surface area contributed by atoms with Gasteiger partial charge in [0.1, 0.15) is 6.61 Å². The van der Waals surface area contributed by atoms with Gasteiger partial charge in [-0.05, 0) is 6.07 Å². The first-order valence-corrected chi connectivity index (χ1v) is 4.98. The normalized spacial score (nSPS) is 11.2. The first-order valence-electron chi connectivity index (χ1n) is 4.98. The van der Waals surface area contributed by atoms with Gasteiger partial charge in [-0.2, -0.15) is 0 Å². The molecule has 0 aliphatic rings. The summed E-state index contributed by atoms with van der Waals surface area (Å²) in [5.74, 6) is -0.269. The molecule has 0 bridgehead atoms. The van der Waals surface area contributed by atoms with Crippen molar-refractivity contribution in [3.05, 3.63) is 29.6 Å². The molecule has 0 unspecified atom stereocenters. The molecule has 82 valence electrons. The minimum atomic E-state index is -0.269. The Bertz CT molecular complexity index is 336. The molecule has 0 aliphatic carbocycles. The Labute approximate surface area is 90.5 Å². The summed E-state index contributed by atoms with van der Waals surface area (Å²) in [5.41, 5.74) is 2.01. The van der Waals surface area contributed by atoms with E-state index in [0.717, 1.165) is 11.3 Å². The molecular formula is C12H17NO2. The van der Waals surface area contributed by atoms with Crippen molar-refractivity contribution in [2.75, 3.05) is 0 Å². The standard InChI is InChI=1S/C12H17NO2/c1-9(14)15-8-10-5-6-11(13-7-10)12(2,3)4/h5-7H,8H2,1-4H3. The summed E-state index contributed by atoms with van der Waals surface area (Å²) in [7, 11) is 0. The third kappa shape index (κ3) is 3.70. The second-order valence-electron chi connectivity index (χ2n) is 4.58. The van der Waals surface area contributed by atoms with E-state index in [4.69, 9.17) is 4.74 Å². The van der Waals surface area contributed by atoms with Gasteiger partial charge in [0, 0.05) is 29.8 Å². The van der Waals surface area contributed by atoms with Gasteiger partial charge in [0.2, 0.25) is 0 Å². The Morgan fingerprint density at radius 3 is 2.47 bits per heavy atom. The molecule has 0 amide bonds. The van der Waals surface area contributed by atoms with Gasteiger partial charge in [0.15, 0.2) is 0 Å². The minimum Gasteiger partial charge on any atom is -0.461 e. The van der Waals surface area contributed by atoms with Crippen LogP contribution in [-0.2, 0) is 21.6 Å². The first kappa shape index (κ1) is 11.7. The number of rotatable bonds is 2. The molecule has 1 aromatic heterocycles. The van der Waals surface area contributed by atoms with Gasteiger partial charge in [0.25, 0.3) is 0 Å². The van der Waals surface area contributed by atoms with Crippen molar-refractivity contribution in [1.29, 1.82) is 0 Å². The zero-order chi connectivity index (χ0) is 11.5. The molecule has 3 heteroatoms. The largest absolute Gasteiger partial charge is 0.461 e. The van der Waals surface area contributed by atoms with Crippen LogP contribution < -0.4 is 0 Å². The van der Waals surface area contributed by atoms with E-state index < -0.39 is 0 Å². The molecule has 0 N–H and O–H groups in total. The lowest BCUT2D eigenvalue weighted by Crippen LogP contribution is -2.13. The van der Waals surface area contributed by atoms with E-state index in [2.05, 4.69) is 25.8 Å². The van der Waals surface area contributed by atoms with E-state index >= 15 is 0 Å². The molecular weight excluding hydrogens is 190 g/mol. The van der Waals surface area contributed by atoms with Crippen molar-refractivity contribution in [2.24, 2.45) is 0 Å². The highest BCUT2D eigenvalue weighted by Gasteiger charge is 2.14. The number of aromatic nitrogens is 1. The second kappa shape index (κ2) is 4.43. The lowest BCUT2D eigenvalue weighted by Gasteiger charge is -2.17. The third-order valence-corrected chi connectivity index (χ3v) is 2.04. The van der Waals surface area contributed by atoms with Crippen LogP contribution in [0.5, 0.6) is 0 Å². The average Bonchev–Trinajstić information content (AvgIpc) is 2.14. The van der Waals surface area contributed by atoms with E-state index in [1.54, 1.807) is 6.20 Å². The Balaban J connectivity index is 2.69. The zero-order valence-electron chi connectivity index (χ0n) is 9.70. The van der Waals surface area contributed by atoms with Gasteiger partial charge in [-0.1, -0.05) is 26.8 Å². The van der Waals surface area contributed by atoms with Crippen molar-refractivity contribution in [3.8, 4) is 0 Å². The first-order chi connectivity index (χ1) is 6.89. The fourth-order valence-electron chi connectivity index (χ4n) is 1.14. The van der Waals surface area contributed by atoms with Crippen molar-refractivity contribution in [1.82, 2.24) is 4.98 Å². The maximum Gasteiger partial charge on any atom is 0.302 e. The monoisotopic (exact) mass is 207 g/mol. The van der Waals surface area contributed by atoms with Crippen LogP contribution in [0.25, 0.3) is 0 Å². The highest BCUT2D eigenvalue weighted by atomic mass is 16.5. The molecule has 15 heavy (non-hydrogen) atoms. The Morgan fingerprint density at radius 2 is 2.07 bits per heavy atom. The number of hydrogen-bond donors (Lipinski definition) is 0. The molecule has 0 radical (unpaired) electrons. The number of ether oxygens (including phenoxy) is 1. The highest BCUT2D eigenvalue weighted by Crippen LogP contribution is 2.19. The Hall–Kier alpha value is -1.38. The van der Waals surface area contributed by atoms with Gasteiger partial charge in [-0.15, -0.1) is 0 Å². The predicted molar refractivity (Wildman–Crippen MR) is 58.4 cm³/mol. The van der Waals surface area contributed by atoms with Gasteiger partial charge >= 0.3 is 5.97 Å². The third-order valence-electron chi connectivity index (χ3n) is 2.04. The molecule has 0 aliphatic heterocycles. The Morgan fingerprint density at radius 1 is 1.40 bits per heavy atom. The van der Waals surface area contributed by atoms with Crippen molar-refractivity contribution < 1.29 is 9.53 Å². The smallest absolute Gasteiger partial charge is 0.302 e. The highest BCUT2D eigenvalue weighted by molar-refractivity contribution is 5.65. The maximum absolute atomic E-state index is 10.6. The number of pyridine rings is 1. The fraction of sp³-hybridized carbons (Fsp3) is 0.500. The van der Waals surface area contributed by atoms with Gasteiger partial charge in [0.05, 0.1) is 0 Å². The van der Waals surface area contributed by atoms with Crippen LogP contribution in [0.15, 0.2) is 18.3 Å². The molecule has 0 spiro atoms. The topological polar surface area (TPSA) is 39.2 Å². The molecule has 1 aromatic rings. The van der Waals surface area contributed by atoms with Crippen LogP contribution in [0.1, 0.15) is 39.0 Å². The Kier molecular flexibility index (Phi) is 3.45. The molecule has 1 heterocycles. The lowest BCUT2D eigenvalue weighted by atomic mass is 9.91. The number of esters is 1. The molecule has 0 saturated carbocycles. The van der Waals surface area contributed by atoms with E-state index in [1.165, 1.54) is 6.92 Å². The minimum absolute atomic E-state index is 0.0555. The molecule has 0 saturated heterocycles. The van der Waals surface area contributed by atoms with Crippen LogP contribution in [-0.4, -0.2) is 11.0 Å². The average molecular weight is 207 g/mol. The van der Waals surface area contributed by atoms with Crippen LogP contribution in [0.2, 0.25) is 0 Å². The number of hydrogen-bond acceptors (Lipinski definition) is 3. The predicted octanol–water partition coefficient (Wildman–Crippen LogP) is 2.44. The lowest BCUT2D eigenvalue weighted by molar-refractivity contribution is -0.142. The molecule has 0 aromatic carbocycles. The summed E-state index contributed by atoms with van der Waals surface area (Å²) in [6, 6.07) is 3.91.